The van der Waals surface area contributed by atoms with E-state index in [0.717, 1.165) is 33.5 Å². The topological polar surface area (TPSA) is 61.3 Å². The molecule has 1 heterocycles. The van der Waals surface area contributed by atoms with Gasteiger partial charge in [0.05, 0.1) is 7.11 Å². The third kappa shape index (κ3) is 2.14. The minimum Gasteiger partial charge on any atom is -0.496 e. The highest BCUT2D eigenvalue weighted by atomic mass is 16.5. The highest BCUT2D eigenvalue weighted by Gasteiger charge is 2.11. The quantitative estimate of drug-likeness (QED) is 0.790. The number of hydrogen-bond donors (Lipinski definition) is 1. The van der Waals surface area contributed by atoms with Gasteiger partial charge >= 0.3 is 0 Å². The number of hydrogen-bond acceptors (Lipinski definition) is 4. The zero-order valence-corrected chi connectivity index (χ0v) is 11.3. The lowest BCUT2D eigenvalue weighted by Crippen LogP contribution is -2.01. The summed E-state index contributed by atoms with van der Waals surface area (Å²) in [6.45, 7) is 0.554. The smallest absolute Gasteiger partial charge is 0.138 e. The summed E-state index contributed by atoms with van der Waals surface area (Å²) in [5.41, 5.74) is 7.39. The third-order valence-corrected chi connectivity index (χ3v) is 3.33. The Bertz CT molecular complexity index is 734. The van der Waals surface area contributed by atoms with Gasteiger partial charge in [0.15, 0.2) is 0 Å². The van der Waals surface area contributed by atoms with Crippen LogP contribution in [-0.2, 0) is 6.42 Å². The van der Waals surface area contributed by atoms with Gasteiger partial charge in [0, 0.05) is 23.4 Å². The molecule has 0 bridgehead atoms. The molecule has 0 aliphatic heterocycles. The van der Waals surface area contributed by atoms with Crippen molar-refractivity contribution in [3.05, 3.63) is 48.2 Å². The first-order valence-electron chi connectivity index (χ1n) is 6.55. The predicted molar refractivity (Wildman–Crippen MR) is 78.8 cm³/mol. The lowest BCUT2D eigenvalue weighted by Gasteiger charge is -2.08. The summed E-state index contributed by atoms with van der Waals surface area (Å²) in [6, 6.07) is 14.0. The lowest BCUT2D eigenvalue weighted by molar-refractivity contribution is 0.386. The first kappa shape index (κ1) is 12.7. The van der Waals surface area contributed by atoms with Crippen molar-refractivity contribution >= 4 is 10.8 Å². The number of nitrogens with zero attached hydrogens (tertiary/aromatic N) is 1. The summed E-state index contributed by atoms with van der Waals surface area (Å²) in [7, 11) is 1.68. The molecule has 0 saturated heterocycles. The van der Waals surface area contributed by atoms with Gasteiger partial charge in [0.1, 0.15) is 17.2 Å². The molecule has 4 nitrogen and oxygen atoms in total. The van der Waals surface area contributed by atoms with E-state index in [4.69, 9.17) is 15.0 Å². The number of fused-ring (bicyclic) bond motifs is 1. The van der Waals surface area contributed by atoms with Crippen LogP contribution in [0.5, 0.6) is 5.75 Å². The Morgan fingerprint density at radius 1 is 1.15 bits per heavy atom. The second-order valence-corrected chi connectivity index (χ2v) is 4.58. The zero-order chi connectivity index (χ0) is 13.9. The van der Waals surface area contributed by atoms with E-state index in [0.29, 0.717) is 13.0 Å². The van der Waals surface area contributed by atoms with Gasteiger partial charge in [-0.1, -0.05) is 29.4 Å². The Kier molecular flexibility index (Phi) is 3.39. The van der Waals surface area contributed by atoms with Crippen molar-refractivity contribution < 1.29 is 9.26 Å². The SMILES string of the molecule is COc1ccc(-c2cc(CCN)on2)c2ccccc12. The van der Waals surface area contributed by atoms with Gasteiger partial charge in [-0.3, -0.25) is 0 Å². The molecule has 0 saturated carbocycles. The minimum absolute atomic E-state index is 0.554. The summed E-state index contributed by atoms with van der Waals surface area (Å²) < 4.78 is 10.7. The van der Waals surface area contributed by atoms with Crippen LogP contribution in [0.1, 0.15) is 5.76 Å². The van der Waals surface area contributed by atoms with Crippen molar-refractivity contribution in [3.63, 3.8) is 0 Å². The van der Waals surface area contributed by atoms with E-state index in [-0.39, 0.29) is 0 Å². The van der Waals surface area contributed by atoms with Crippen LogP contribution < -0.4 is 10.5 Å². The van der Waals surface area contributed by atoms with Crippen LogP contribution >= 0.6 is 0 Å². The van der Waals surface area contributed by atoms with E-state index in [9.17, 15) is 0 Å². The summed E-state index contributed by atoms with van der Waals surface area (Å²) in [4.78, 5) is 0. The molecular formula is C16H16N2O2. The summed E-state index contributed by atoms with van der Waals surface area (Å²) in [6.07, 6.45) is 0.696. The van der Waals surface area contributed by atoms with Crippen molar-refractivity contribution in [1.29, 1.82) is 0 Å². The Hall–Kier alpha value is -2.33. The standard InChI is InChI=1S/C16H16N2O2/c1-19-16-7-6-13(12-4-2-3-5-14(12)16)15-10-11(8-9-17)20-18-15/h2-7,10H,8-9,17H2,1H3. The highest BCUT2D eigenvalue weighted by Crippen LogP contribution is 2.33. The van der Waals surface area contributed by atoms with Gasteiger partial charge in [-0.2, -0.15) is 0 Å². The molecule has 0 amide bonds. The lowest BCUT2D eigenvalue weighted by atomic mass is 10.0. The molecule has 2 N–H and O–H groups in total. The fourth-order valence-corrected chi connectivity index (χ4v) is 2.37. The van der Waals surface area contributed by atoms with Crippen LogP contribution in [0, 0.1) is 0 Å². The normalized spacial score (nSPS) is 10.9. The van der Waals surface area contributed by atoms with Gasteiger partial charge in [0.25, 0.3) is 0 Å². The van der Waals surface area contributed by atoms with E-state index < -0.39 is 0 Å². The van der Waals surface area contributed by atoms with Crippen molar-refractivity contribution in [2.24, 2.45) is 5.73 Å². The van der Waals surface area contributed by atoms with Crippen molar-refractivity contribution in [3.8, 4) is 17.0 Å². The van der Waals surface area contributed by atoms with Crippen molar-refractivity contribution in [1.82, 2.24) is 5.16 Å². The van der Waals surface area contributed by atoms with Gasteiger partial charge in [-0.05, 0) is 24.1 Å². The molecule has 0 fully saturated rings. The number of ether oxygens (including phenoxy) is 1. The van der Waals surface area contributed by atoms with E-state index in [1.165, 1.54) is 0 Å². The molecule has 0 aliphatic carbocycles. The molecule has 0 aliphatic rings. The number of nitrogens with two attached hydrogens (primary N) is 1. The molecule has 0 spiro atoms. The van der Waals surface area contributed by atoms with Crippen molar-refractivity contribution in [2.75, 3.05) is 13.7 Å². The van der Waals surface area contributed by atoms with Crippen LogP contribution in [0.3, 0.4) is 0 Å². The van der Waals surface area contributed by atoms with Gasteiger partial charge in [0.2, 0.25) is 0 Å². The molecule has 0 radical (unpaired) electrons. The molecule has 0 atom stereocenters. The molecule has 20 heavy (non-hydrogen) atoms. The van der Waals surface area contributed by atoms with Gasteiger partial charge in [-0.25, -0.2) is 0 Å². The largest absolute Gasteiger partial charge is 0.496 e. The molecule has 3 aromatic rings. The van der Waals surface area contributed by atoms with Crippen LogP contribution in [0.4, 0.5) is 0 Å². The number of rotatable bonds is 4. The maximum atomic E-state index is 5.53. The molecule has 2 aromatic carbocycles. The van der Waals surface area contributed by atoms with Crippen LogP contribution in [-0.4, -0.2) is 18.8 Å². The highest BCUT2D eigenvalue weighted by molar-refractivity contribution is 5.99. The van der Waals surface area contributed by atoms with Crippen molar-refractivity contribution in [2.45, 2.75) is 6.42 Å². The second kappa shape index (κ2) is 5.35. The molecule has 102 valence electrons. The van der Waals surface area contributed by atoms with Gasteiger partial charge in [-0.15, -0.1) is 0 Å². The number of methoxy groups -OCH3 is 1. The molecule has 1 aromatic heterocycles. The van der Waals surface area contributed by atoms with Gasteiger partial charge < -0.3 is 15.0 Å². The molecule has 4 heteroatoms. The second-order valence-electron chi connectivity index (χ2n) is 4.58. The Morgan fingerprint density at radius 2 is 1.95 bits per heavy atom. The third-order valence-electron chi connectivity index (χ3n) is 3.33. The van der Waals surface area contributed by atoms with E-state index in [1.807, 2.05) is 36.4 Å². The minimum atomic E-state index is 0.554. The van der Waals surface area contributed by atoms with E-state index in [1.54, 1.807) is 7.11 Å². The van der Waals surface area contributed by atoms with E-state index >= 15 is 0 Å². The van der Waals surface area contributed by atoms with Crippen LogP contribution in [0.15, 0.2) is 47.0 Å². The first-order valence-corrected chi connectivity index (χ1v) is 6.55. The Balaban J connectivity index is 2.15. The summed E-state index contributed by atoms with van der Waals surface area (Å²) in [5.74, 6) is 1.66. The summed E-state index contributed by atoms with van der Waals surface area (Å²) >= 11 is 0. The molecule has 3 rings (SSSR count). The number of benzene rings is 2. The van der Waals surface area contributed by atoms with Crippen LogP contribution in [0.25, 0.3) is 22.0 Å². The zero-order valence-electron chi connectivity index (χ0n) is 11.3. The molecular weight excluding hydrogens is 252 g/mol. The first-order chi connectivity index (χ1) is 9.83. The fraction of sp³-hybridized carbons (Fsp3) is 0.188. The Morgan fingerprint density at radius 3 is 2.70 bits per heavy atom. The average Bonchev–Trinajstić information content (AvgIpc) is 2.95. The van der Waals surface area contributed by atoms with Crippen LogP contribution in [0.2, 0.25) is 0 Å². The summed E-state index contributed by atoms with van der Waals surface area (Å²) in [5, 5.41) is 6.30. The van der Waals surface area contributed by atoms with E-state index in [2.05, 4.69) is 11.2 Å². The number of aromatic nitrogens is 1. The maximum absolute atomic E-state index is 5.53. The fourth-order valence-electron chi connectivity index (χ4n) is 2.37. The average molecular weight is 268 g/mol. The predicted octanol–water partition coefficient (Wildman–Crippen LogP) is 3.00. The maximum Gasteiger partial charge on any atom is 0.138 e. The molecule has 0 unspecified atom stereocenters. The Labute approximate surface area is 117 Å². The monoisotopic (exact) mass is 268 g/mol.